The third-order valence-corrected chi connectivity index (χ3v) is 6.71. The predicted octanol–water partition coefficient (Wildman–Crippen LogP) is 2.88. The van der Waals surface area contributed by atoms with Gasteiger partial charge in [-0.1, -0.05) is 12.1 Å². The van der Waals surface area contributed by atoms with E-state index in [2.05, 4.69) is 5.32 Å². The number of hydrogen-bond acceptors (Lipinski definition) is 5. The Morgan fingerprint density at radius 1 is 1.03 bits per heavy atom. The standard InChI is InChI=1S/C21H24N2O5S/c1-15-5-6-16(2)19(13-15)22-20(24)14-28-21(25)17-7-9-18(10-8-17)29(26,27)23-11-3-4-12-23/h5-10,13H,3-4,11-12,14H2,1-2H3,(H,22,24). The monoisotopic (exact) mass is 416 g/mol. The fraction of sp³-hybridized carbons (Fsp3) is 0.333. The molecular formula is C21H24N2O5S. The van der Waals surface area contributed by atoms with Gasteiger partial charge in [0.25, 0.3) is 5.91 Å². The van der Waals surface area contributed by atoms with Crippen LogP contribution in [-0.2, 0) is 19.6 Å². The molecule has 7 nitrogen and oxygen atoms in total. The fourth-order valence-corrected chi connectivity index (χ4v) is 4.63. The highest BCUT2D eigenvalue weighted by atomic mass is 32.2. The van der Waals surface area contributed by atoms with Crippen LogP contribution in [0.25, 0.3) is 0 Å². The number of nitrogens with zero attached hydrogens (tertiary/aromatic N) is 1. The first kappa shape index (κ1) is 21.0. The van der Waals surface area contributed by atoms with Crippen molar-refractivity contribution in [2.45, 2.75) is 31.6 Å². The van der Waals surface area contributed by atoms with E-state index in [-0.39, 0.29) is 10.5 Å². The van der Waals surface area contributed by atoms with Gasteiger partial charge in [0.2, 0.25) is 10.0 Å². The number of amides is 1. The maximum Gasteiger partial charge on any atom is 0.338 e. The molecule has 0 aliphatic carbocycles. The molecule has 2 aromatic rings. The lowest BCUT2D eigenvalue weighted by Crippen LogP contribution is -2.27. The van der Waals surface area contributed by atoms with Crippen LogP contribution in [0.2, 0.25) is 0 Å². The highest BCUT2D eigenvalue weighted by Gasteiger charge is 2.27. The van der Waals surface area contributed by atoms with Crippen LogP contribution in [0.4, 0.5) is 5.69 Å². The number of aryl methyl sites for hydroxylation is 2. The van der Waals surface area contributed by atoms with Gasteiger partial charge in [-0.2, -0.15) is 4.31 Å². The number of hydrogen-bond donors (Lipinski definition) is 1. The summed E-state index contributed by atoms with van der Waals surface area (Å²) >= 11 is 0. The quantitative estimate of drug-likeness (QED) is 0.731. The SMILES string of the molecule is Cc1ccc(C)c(NC(=O)COC(=O)c2ccc(S(=O)(=O)N3CCCC3)cc2)c1. The molecule has 0 radical (unpaired) electrons. The maximum absolute atomic E-state index is 12.5. The molecule has 0 unspecified atom stereocenters. The van der Waals surface area contributed by atoms with Crippen LogP contribution in [0, 0.1) is 13.8 Å². The van der Waals surface area contributed by atoms with Crippen molar-refractivity contribution in [2.24, 2.45) is 0 Å². The van der Waals surface area contributed by atoms with Crippen molar-refractivity contribution in [1.29, 1.82) is 0 Å². The topological polar surface area (TPSA) is 92.8 Å². The van der Waals surface area contributed by atoms with Crippen LogP contribution in [0.5, 0.6) is 0 Å². The number of carbonyl (C=O) groups is 2. The predicted molar refractivity (Wildman–Crippen MR) is 109 cm³/mol. The van der Waals surface area contributed by atoms with Crippen molar-refractivity contribution in [3.05, 3.63) is 59.2 Å². The Kier molecular flexibility index (Phi) is 6.34. The minimum atomic E-state index is -3.53. The van der Waals surface area contributed by atoms with Crippen molar-refractivity contribution in [3.63, 3.8) is 0 Å². The zero-order chi connectivity index (χ0) is 21.0. The first-order chi connectivity index (χ1) is 13.8. The second kappa shape index (κ2) is 8.75. The molecule has 0 saturated carbocycles. The molecule has 154 valence electrons. The Balaban J connectivity index is 1.58. The third kappa shape index (κ3) is 5.02. The number of carbonyl (C=O) groups excluding carboxylic acids is 2. The van der Waals surface area contributed by atoms with Crippen LogP contribution < -0.4 is 5.32 Å². The van der Waals surface area contributed by atoms with Crippen LogP contribution in [0.1, 0.15) is 34.3 Å². The largest absolute Gasteiger partial charge is 0.452 e. The number of ether oxygens (including phenoxy) is 1. The van der Waals surface area contributed by atoms with Gasteiger partial charge < -0.3 is 10.1 Å². The molecule has 29 heavy (non-hydrogen) atoms. The van der Waals surface area contributed by atoms with E-state index in [0.29, 0.717) is 18.8 Å². The summed E-state index contributed by atoms with van der Waals surface area (Å²) in [6.07, 6.45) is 1.71. The van der Waals surface area contributed by atoms with Crippen LogP contribution in [0.15, 0.2) is 47.4 Å². The van der Waals surface area contributed by atoms with Gasteiger partial charge in [0.1, 0.15) is 0 Å². The number of esters is 1. The van der Waals surface area contributed by atoms with Crippen LogP contribution in [0.3, 0.4) is 0 Å². The molecule has 3 rings (SSSR count). The Morgan fingerprint density at radius 3 is 2.34 bits per heavy atom. The van der Waals surface area contributed by atoms with E-state index in [1.54, 1.807) is 0 Å². The lowest BCUT2D eigenvalue weighted by Gasteiger charge is -2.15. The average Bonchev–Trinajstić information content (AvgIpc) is 3.25. The minimum Gasteiger partial charge on any atom is -0.452 e. The summed E-state index contributed by atoms with van der Waals surface area (Å²) < 4.78 is 31.5. The lowest BCUT2D eigenvalue weighted by molar-refractivity contribution is -0.119. The summed E-state index contributed by atoms with van der Waals surface area (Å²) in [6.45, 7) is 4.39. The van der Waals surface area contributed by atoms with Crippen molar-refractivity contribution in [1.82, 2.24) is 4.31 Å². The Bertz CT molecular complexity index is 1010. The van der Waals surface area contributed by atoms with Gasteiger partial charge >= 0.3 is 5.97 Å². The highest BCUT2D eigenvalue weighted by molar-refractivity contribution is 7.89. The zero-order valence-electron chi connectivity index (χ0n) is 16.5. The van der Waals surface area contributed by atoms with Crippen molar-refractivity contribution in [3.8, 4) is 0 Å². The number of sulfonamides is 1. The molecule has 0 aromatic heterocycles. The number of benzene rings is 2. The summed E-state index contributed by atoms with van der Waals surface area (Å²) in [5.74, 6) is -1.13. The molecule has 0 atom stereocenters. The normalized spacial score (nSPS) is 14.6. The molecule has 8 heteroatoms. The summed E-state index contributed by atoms with van der Waals surface area (Å²) in [6, 6.07) is 11.3. The van der Waals surface area contributed by atoms with Gasteiger partial charge in [-0.25, -0.2) is 13.2 Å². The van der Waals surface area contributed by atoms with Crippen LogP contribution >= 0.6 is 0 Å². The Hall–Kier alpha value is -2.71. The Morgan fingerprint density at radius 2 is 1.69 bits per heavy atom. The van der Waals surface area contributed by atoms with Crippen molar-refractivity contribution >= 4 is 27.6 Å². The Labute approximate surface area is 170 Å². The summed E-state index contributed by atoms with van der Waals surface area (Å²) in [7, 11) is -3.53. The van der Waals surface area contributed by atoms with Gasteiger partial charge in [0.15, 0.2) is 6.61 Å². The molecular weight excluding hydrogens is 392 g/mol. The average molecular weight is 416 g/mol. The molecule has 1 aliphatic heterocycles. The van der Waals surface area contributed by atoms with E-state index in [1.807, 2.05) is 32.0 Å². The molecule has 1 aliphatic rings. The van der Waals surface area contributed by atoms with E-state index in [9.17, 15) is 18.0 Å². The van der Waals surface area contributed by atoms with Gasteiger partial charge in [-0.15, -0.1) is 0 Å². The number of nitrogens with one attached hydrogen (secondary N) is 1. The smallest absolute Gasteiger partial charge is 0.338 e. The molecule has 2 aromatic carbocycles. The molecule has 1 amide bonds. The summed E-state index contributed by atoms with van der Waals surface area (Å²) in [4.78, 5) is 24.4. The van der Waals surface area contributed by atoms with E-state index in [1.165, 1.54) is 28.6 Å². The first-order valence-corrected chi connectivity index (χ1v) is 10.9. The van der Waals surface area contributed by atoms with Gasteiger partial charge in [0, 0.05) is 18.8 Å². The second-order valence-electron chi connectivity index (χ2n) is 7.08. The lowest BCUT2D eigenvalue weighted by atomic mass is 10.1. The molecule has 0 spiro atoms. The van der Waals surface area contributed by atoms with Gasteiger partial charge in [0.05, 0.1) is 10.5 Å². The molecule has 1 N–H and O–H groups in total. The first-order valence-electron chi connectivity index (χ1n) is 9.42. The van der Waals surface area contributed by atoms with E-state index >= 15 is 0 Å². The van der Waals surface area contributed by atoms with E-state index in [0.717, 1.165) is 24.0 Å². The number of anilines is 1. The van der Waals surface area contributed by atoms with Crippen molar-refractivity contribution < 1.29 is 22.7 Å². The highest BCUT2D eigenvalue weighted by Crippen LogP contribution is 2.21. The van der Waals surface area contributed by atoms with Gasteiger partial charge in [-0.3, -0.25) is 4.79 Å². The van der Waals surface area contributed by atoms with Crippen LogP contribution in [-0.4, -0.2) is 44.3 Å². The summed E-state index contributed by atoms with van der Waals surface area (Å²) in [5, 5.41) is 2.72. The molecule has 1 saturated heterocycles. The second-order valence-corrected chi connectivity index (χ2v) is 9.02. The molecule has 1 fully saturated rings. The van der Waals surface area contributed by atoms with E-state index in [4.69, 9.17) is 4.74 Å². The van der Waals surface area contributed by atoms with Gasteiger partial charge in [-0.05, 0) is 68.1 Å². The zero-order valence-corrected chi connectivity index (χ0v) is 17.3. The minimum absolute atomic E-state index is 0.142. The summed E-state index contributed by atoms with van der Waals surface area (Å²) in [5.41, 5.74) is 2.77. The van der Waals surface area contributed by atoms with E-state index < -0.39 is 28.5 Å². The third-order valence-electron chi connectivity index (χ3n) is 4.79. The fourth-order valence-electron chi connectivity index (χ4n) is 3.11. The number of rotatable bonds is 6. The maximum atomic E-state index is 12.5. The van der Waals surface area contributed by atoms with Crippen molar-refractivity contribution in [2.75, 3.05) is 25.0 Å². The molecule has 1 heterocycles. The molecule has 0 bridgehead atoms.